The van der Waals surface area contributed by atoms with Gasteiger partial charge in [0.05, 0.1) is 6.10 Å². The first kappa shape index (κ1) is 15.5. The number of aliphatic hydroxyl groups is 1. The fraction of sp³-hybridized carbons (Fsp3) is 0.600. The lowest BCUT2D eigenvalue weighted by molar-refractivity contribution is 0.196. The Bertz CT molecular complexity index is 334. The molecule has 0 fully saturated rings. The molecule has 18 heavy (non-hydrogen) atoms. The molecule has 0 aliphatic carbocycles. The minimum Gasteiger partial charge on any atom is -0.391 e. The van der Waals surface area contributed by atoms with Crippen LogP contribution in [-0.2, 0) is 5.75 Å². The second kappa shape index (κ2) is 8.57. The number of hydrogen-bond donors (Lipinski definition) is 2. The van der Waals surface area contributed by atoms with Crippen LogP contribution in [0.2, 0.25) is 0 Å². The highest BCUT2D eigenvalue weighted by atomic mass is 32.2. The molecule has 0 amide bonds. The number of aryl methyl sites for hydroxylation is 2. The predicted octanol–water partition coefficient (Wildman–Crippen LogP) is 2.90. The highest BCUT2D eigenvalue weighted by Crippen LogP contribution is 2.16. The standard InChI is InChI=1S/C15H25NOS/c1-4-5-16-9-15(17)11-18-10-14-7-12(2)6-13(3)8-14/h6-8,15-17H,4-5,9-11H2,1-3H3. The van der Waals surface area contributed by atoms with E-state index in [1.165, 1.54) is 16.7 Å². The van der Waals surface area contributed by atoms with Crippen molar-refractivity contribution in [1.82, 2.24) is 5.32 Å². The van der Waals surface area contributed by atoms with Crippen LogP contribution in [0, 0.1) is 13.8 Å². The van der Waals surface area contributed by atoms with Gasteiger partial charge in [0.2, 0.25) is 0 Å². The summed E-state index contributed by atoms with van der Waals surface area (Å²) in [4.78, 5) is 0. The maximum Gasteiger partial charge on any atom is 0.0754 e. The molecule has 102 valence electrons. The molecule has 0 bridgehead atoms. The van der Waals surface area contributed by atoms with E-state index in [4.69, 9.17) is 0 Å². The summed E-state index contributed by atoms with van der Waals surface area (Å²) in [5, 5.41) is 13.0. The zero-order valence-corrected chi connectivity index (χ0v) is 12.5. The molecule has 1 rings (SSSR count). The zero-order chi connectivity index (χ0) is 13.4. The SMILES string of the molecule is CCCNCC(O)CSCc1cc(C)cc(C)c1. The third kappa shape index (κ3) is 6.43. The first-order valence-corrected chi connectivity index (χ1v) is 7.81. The van der Waals surface area contributed by atoms with E-state index in [-0.39, 0.29) is 6.10 Å². The fourth-order valence-electron chi connectivity index (χ4n) is 1.97. The Morgan fingerprint density at radius 1 is 1.22 bits per heavy atom. The van der Waals surface area contributed by atoms with E-state index >= 15 is 0 Å². The van der Waals surface area contributed by atoms with Crippen LogP contribution in [0.4, 0.5) is 0 Å². The van der Waals surface area contributed by atoms with Gasteiger partial charge in [-0.05, 0) is 32.4 Å². The van der Waals surface area contributed by atoms with Crippen LogP contribution in [0.15, 0.2) is 18.2 Å². The molecular formula is C15H25NOS. The van der Waals surface area contributed by atoms with Crippen molar-refractivity contribution in [2.24, 2.45) is 0 Å². The summed E-state index contributed by atoms with van der Waals surface area (Å²) in [6.07, 6.45) is 0.870. The highest BCUT2D eigenvalue weighted by molar-refractivity contribution is 7.98. The molecule has 2 nitrogen and oxygen atoms in total. The first-order chi connectivity index (χ1) is 8.61. The van der Waals surface area contributed by atoms with Crippen LogP contribution in [0.5, 0.6) is 0 Å². The van der Waals surface area contributed by atoms with E-state index in [1.807, 2.05) is 0 Å². The van der Waals surface area contributed by atoms with Gasteiger partial charge >= 0.3 is 0 Å². The Balaban J connectivity index is 2.24. The lowest BCUT2D eigenvalue weighted by Gasteiger charge is -2.11. The van der Waals surface area contributed by atoms with Crippen LogP contribution in [0.3, 0.4) is 0 Å². The molecule has 1 aromatic rings. The van der Waals surface area contributed by atoms with Crippen molar-refractivity contribution in [3.63, 3.8) is 0 Å². The summed E-state index contributed by atoms with van der Waals surface area (Å²) in [6, 6.07) is 6.64. The van der Waals surface area contributed by atoms with Gasteiger partial charge in [-0.1, -0.05) is 36.2 Å². The van der Waals surface area contributed by atoms with Gasteiger partial charge in [0.1, 0.15) is 0 Å². The summed E-state index contributed by atoms with van der Waals surface area (Å²) in [6.45, 7) is 8.08. The second-order valence-electron chi connectivity index (χ2n) is 4.87. The molecule has 0 aromatic heterocycles. The van der Waals surface area contributed by atoms with E-state index in [1.54, 1.807) is 11.8 Å². The van der Waals surface area contributed by atoms with Crippen LogP contribution in [0.1, 0.15) is 30.0 Å². The molecule has 0 saturated carbocycles. The predicted molar refractivity (Wildman–Crippen MR) is 81.2 cm³/mol. The highest BCUT2D eigenvalue weighted by Gasteiger charge is 2.04. The lowest BCUT2D eigenvalue weighted by atomic mass is 10.1. The second-order valence-corrected chi connectivity index (χ2v) is 5.90. The third-order valence-electron chi connectivity index (χ3n) is 2.67. The molecular weight excluding hydrogens is 242 g/mol. The minimum atomic E-state index is -0.243. The Labute approximate surface area is 115 Å². The van der Waals surface area contributed by atoms with E-state index < -0.39 is 0 Å². The average Bonchev–Trinajstić information content (AvgIpc) is 2.28. The number of aliphatic hydroxyl groups excluding tert-OH is 1. The molecule has 2 N–H and O–H groups in total. The molecule has 0 aliphatic heterocycles. The molecule has 0 heterocycles. The summed E-state index contributed by atoms with van der Waals surface area (Å²) >= 11 is 1.80. The topological polar surface area (TPSA) is 32.3 Å². The molecule has 3 heteroatoms. The van der Waals surface area contributed by atoms with Crippen LogP contribution in [-0.4, -0.2) is 30.1 Å². The zero-order valence-electron chi connectivity index (χ0n) is 11.7. The number of nitrogens with one attached hydrogen (secondary N) is 1. The van der Waals surface area contributed by atoms with Crippen LogP contribution in [0.25, 0.3) is 0 Å². The van der Waals surface area contributed by atoms with Crippen molar-refractivity contribution >= 4 is 11.8 Å². The summed E-state index contributed by atoms with van der Waals surface area (Å²) in [5.41, 5.74) is 3.98. The fourth-order valence-corrected chi connectivity index (χ4v) is 2.88. The number of hydrogen-bond acceptors (Lipinski definition) is 3. The Morgan fingerprint density at radius 3 is 2.50 bits per heavy atom. The maximum atomic E-state index is 9.78. The Hall–Kier alpha value is -0.510. The van der Waals surface area contributed by atoms with Crippen molar-refractivity contribution in [2.45, 2.75) is 39.0 Å². The van der Waals surface area contributed by atoms with E-state index in [9.17, 15) is 5.11 Å². The number of rotatable bonds is 8. The van der Waals surface area contributed by atoms with Crippen LogP contribution < -0.4 is 5.32 Å². The average molecular weight is 267 g/mol. The van der Waals surface area contributed by atoms with Crippen molar-refractivity contribution in [2.75, 3.05) is 18.8 Å². The van der Waals surface area contributed by atoms with Gasteiger partial charge in [-0.25, -0.2) is 0 Å². The third-order valence-corrected chi connectivity index (χ3v) is 3.83. The number of benzene rings is 1. The summed E-state index contributed by atoms with van der Waals surface area (Å²) in [7, 11) is 0. The van der Waals surface area contributed by atoms with Gasteiger partial charge < -0.3 is 10.4 Å². The maximum absolute atomic E-state index is 9.78. The molecule has 0 aliphatic rings. The molecule has 1 aromatic carbocycles. The molecule has 0 radical (unpaired) electrons. The van der Waals surface area contributed by atoms with Gasteiger partial charge in [0.25, 0.3) is 0 Å². The smallest absolute Gasteiger partial charge is 0.0754 e. The quantitative estimate of drug-likeness (QED) is 0.710. The van der Waals surface area contributed by atoms with Gasteiger partial charge in [-0.3, -0.25) is 0 Å². The first-order valence-electron chi connectivity index (χ1n) is 6.65. The van der Waals surface area contributed by atoms with Crippen molar-refractivity contribution in [3.8, 4) is 0 Å². The normalized spacial score (nSPS) is 12.7. The summed E-state index contributed by atoms with van der Waals surface area (Å²) in [5.74, 6) is 1.77. The van der Waals surface area contributed by atoms with Crippen molar-refractivity contribution in [1.29, 1.82) is 0 Å². The molecule has 1 atom stereocenters. The van der Waals surface area contributed by atoms with E-state index in [2.05, 4.69) is 44.3 Å². The van der Waals surface area contributed by atoms with Gasteiger partial charge in [-0.2, -0.15) is 11.8 Å². The van der Waals surface area contributed by atoms with Crippen molar-refractivity contribution < 1.29 is 5.11 Å². The molecule has 1 unspecified atom stereocenters. The Morgan fingerprint density at radius 2 is 1.89 bits per heavy atom. The summed E-state index contributed by atoms with van der Waals surface area (Å²) < 4.78 is 0. The van der Waals surface area contributed by atoms with Crippen LogP contribution >= 0.6 is 11.8 Å². The van der Waals surface area contributed by atoms with E-state index in [0.717, 1.165) is 24.5 Å². The monoisotopic (exact) mass is 267 g/mol. The van der Waals surface area contributed by atoms with Gasteiger partial charge in [-0.15, -0.1) is 0 Å². The molecule has 0 saturated heterocycles. The van der Waals surface area contributed by atoms with E-state index in [0.29, 0.717) is 6.54 Å². The van der Waals surface area contributed by atoms with Gasteiger partial charge in [0, 0.05) is 18.1 Å². The van der Waals surface area contributed by atoms with Gasteiger partial charge in [0.15, 0.2) is 0 Å². The Kier molecular flexibility index (Phi) is 7.40. The molecule has 0 spiro atoms. The minimum absolute atomic E-state index is 0.243. The lowest BCUT2D eigenvalue weighted by Crippen LogP contribution is -2.28. The van der Waals surface area contributed by atoms with Crippen molar-refractivity contribution in [3.05, 3.63) is 34.9 Å². The largest absolute Gasteiger partial charge is 0.391 e. The number of thioether (sulfide) groups is 1.